The Bertz CT molecular complexity index is 295. The number of halogens is 3. The minimum absolute atomic E-state index is 0.297. The number of nitrogens with one attached hydrogen (secondary N) is 2. The Morgan fingerprint density at radius 1 is 1.33 bits per heavy atom. The summed E-state index contributed by atoms with van der Waals surface area (Å²) in [6.07, 6.45) is -3.86. The van der Waals surface area contributed by atoms with Gasteiger partial charge in [0.15, 0.2) is 0 Å². The highest BCUT2D eigenvalue weighted by molar-refractivity contribution is 5.84. The van der Waals surface area contributed by atoms with Crippen LogP contribution in [0, 0.1) is 5.92 Å². The normalized spacial score (nSPS) is 14.9. The molecular weight excluding hydrogens is 253 g/mol. The van der Waals surface area contributed by atoms with Gasteiger partial charge in [0.05, 0.1) is 13.1 Å². The van der Waals surface area contributed by atoms with Gasteiger partial charge in [0.2, 0.25) is 5.91 Å². The van der Waals surface area contributed by atoms with Crippen molar-refractivity contribution in [1.29, 1.82) is 0 Å². The van der Waals surface area contributed by atoms with Crippen molar-refractivity contribution in [1.82, 2.24) is 10.6 Å². The fourth-order valence-corrected chi connectivity index (χ4v) is 1.23. The monoisotopic (exact) mass is 270 g/mol. The molecule has 0 aromatic carbocycles. The molecule has 0 radical (unpaired) electrons. The third-order valence-electron chi connectivity index (χ3n) is 2.41. The predicted molar refractivity (Wildman–Crippen MR) is 57.9 cm³/mol. The van der Waals surface area contributed by atoms with E-state index in [-0.39, 0.29) is 5.92 Å². The number of hydrogen-bond donors (Lipinski definition) is 3. The zero-order valence-corrected chi connectivity index (χ0v) is 10.2. The van der Waals surface area contributed by atoms with E-state index in [1.165, 1.54) is 0 Å². The second-order valence-electron chi connectivity index (χ2n) is 3.99. The largest absolute Gasteiger partial charge is 0.480 e. The van der Waals surface area contributed by atoms with Gasteiger partial charge in [-0.3, -0.25) is 4.79 Å². The van der Waals surface area contributed by atoms with Gasteiger partial charge in [-0.15, -0.1) is 0 Å². The molecule has 0 fully saturated rings. The molecule has 0 bridgehead atoms. The lowest BCUT2D eigenvalue weighted by Gasteiger charge is -2.20. The van der Waals surface area contributed by atoms with E-state index in [4.69, 9.17) is 5.11 Å². The fourth-order valence-electron chi connectivity index (χ4n) is 1.23. The molecule has 3 N–H and O–H groups in total. The van der Waals surface area contributed by atoms with Gasteiger partial charge in [-0.05, 0) is 5.92 Å². The molecule has 0 heterocycles. The molecule has 106 valence electrons. The van der Waals surface area contributed by atoms with Gasteiger partial charge in [-0.2, -0.15) is 13.2 Å². The van der Waals surface area contributed by atoms with Crippen LogP contribution in [0.3, 0.4) is 0 Å². The minimum atomic E-state index is -4.40. The molecule has 1 unspecified atom stereocenters. The van der Waals surface area contributed by atoms with Crippen LogP contribution in [0.2, 0.25) is 0 Å². The topological polar surface area (TPSA) is 78.4 Å². The van der Waals surface area contributed by atoms with Crippen LogP contribution in [-0.4, -0.2) is 42.3 Å². The number of carbonyl (C=O) groups excluding carboxylic acids is 1. The third-order valence-corrected chi connectivity index (χ3v) is 2.41. The van der Waals surface area contributed by atoms with Gasteiger partial charge in [0.1, 0.15) is 6.04 Å². The minimum Gasteiger partial charge on any atom is -0.480 e. The zero-order valence-electron chi connectivity index (χ0n) is 10.2. The van der Waals surface area contributed by atoms with E-state index in [1.807, 2.05) is 5.32 Å². The van der Waals surface area contributed by atoms with Gasteiger partial charge >= 0.3 is 12.1 Å². The van der Waals surface area contributed by atoms with E-state index >= 15 is 0 Å². The van der Waals surface area contributed by atoms with Crippen molar-refractivity contribution >= 4 is 11.9 Å². The Labute approximate surface area is 103 Å². The van der Waals surface area contributed by atoms with Crippen LogP contribution in [0.1, 0.15) is 20.3 Å². The Morgan fingerprint density at radius 2 is 1.89 bits per heavy atom. The summed E-state index contributed by atoms with van der Waals surface area (Å²) >= 11 is 0. The summed E-state index contributed by atoms with van der Waals surface area (Å²) in [4.78, 5) is 22.1. The lowest BCUT2D eigenvalue weighted by atomic mass is 9.99. The van der Waals surface area contributed by atoms with E-state index in [9.17, 15) is 22.8 Å². The van der Waals surface area contributed by atoms with E-state index in [2.05, 4.69) is 5.32 Å². The number of alkyl halides is 3. The SMILES string of the molecule is CCC(C)[C@H](NC(=O)CNCC(F)(F)F)C(=O)O. The number of hydrogen-bond acceptors (Lipinski definition) is 3. The first-order valence-corrected chi connectivity index (χ1v) is 5.47. The molecule has 8 heteroatoms. The summed E-state index contributed by atoms with van der Waals surface area (Å²) in [7, 11) is 0. The maximum Gasteiger partial charge on any atom is 0.401 e. The van der Waals surface area contributed by atoms with Crippen molar-refractivity contribution in [2.45, 2.75) is 32.5 Å². The molecule has 0 saturated heterocycles. The molecule has 0 aromatic heterocycles. The Morgan fingerprint density at radius 3 is 2.28 bits per heavy atom. The van der Waals surface area contributed by atoms with E-state index < -0.39 is 37.2 Å². The van der Waals surface area contributed by atoms with E-state index in [0.29, 0.717) is 6.42 Å². The van der Waals surface area contributed by atoms with Gasteiger partial charge in [0, 0.05) is 0 Å². The molecular formula is C10H17F3N2O3. The quantitative estimate of drug-likeness (QED) is 0.638. The van der Waals surface area contributed by atoms with Crippen LogP contribution >= 0.6 is 0 Å². The molecule has 0 rings (SSSR count). The number of rotatable bonds is 7. The molecule has 0 aromatic rings. The van der Waals surface area contributed by atoms with E-state index in [1.54, 1.807) is 13.8 Å². The van der Waals surface area contributed by atoms with Crippen molar-refractivity contribution < 1.29 is 27.9 Å². The van der Waals surface area contributed by atoms with Crippen molar-refractivity contribution in [3.8, 4) is 0 Å². The highest BCUT2D eigenvalue weighted by atomic mass is 19.4. The molecule has 1 amide bonds. The van der Waals surface area contributed by atoms with Crippen molar-refractivity contribution in [2.24, 2.45) is 5.92 Å². The Hall–Kier alpha value is -1.31. The number of amides is 1. The predicted octanol–water partition coefficient (Wildman–Crippen LogP) is 0.754. The molecule has 2 atom stereocenters. The first-order chi connectivity index (χ1) is 8.17. The van der Waals surface area contributed by atoms with Gasteiger partial charge in [-0.1, -0.05) is 20.3 Å². The van der Waals surface area contributed by atoms with Crippen LogP contribution in [-0.2, 0) is 9.59 Å². The zero-order chi connectivity index (χ0) is 14.3. The summed E-state index contributed by atoms with van der Waals surface area (Å²) in [6.45, 7) is 1.54. The highest BCUT2D eigenvalue weighted by Gasteiger charge is 2.28. The Kier molecular flexibility index (Phi) is 6.67. The number of carboxylic acids is 1. The van der Waals surface area contributed by atoms with Gasteiger partial charge in [-0.25, -0.2) is 4.79 Å². The first kappa shape index (κ1) is 16.7. The van der Waals surface area contributed by atoms with Crippen LogP contribution in [0.4, 0.5) is 13.2 Å². The highest BCUT2D eigenvalue weighted by Crippen LogP contribution is 2.12. The number of carboxylic acid groups (broad SMARTS) is 1. The van der Waals surface area contributed by atoms with Crippen molar-refractivity contribution in [3.63, 3.8) is 0 Å². The average Bonchev–Trinajstić information content (AvgIpc) is 2.22. The molecule has 18 heavy (non-hydrogen) atoms. The number of carbonyl (C=O) groups is 2. The molecule has 0 aliphatic carbocycles. The Balaban J connectivity index is 4.15. The van der Waals surface area contributed by atoms with E-state index in [0.717, 1.165) is 0 Å². The third kappa shape index (κ3) is 7.10. The summed E-state index contributed by atoms with van der Waals surface area (Å²) in [5, 5.41) is 12.9. The second-order valence-corrected chi connectivity index (χ2v) is 3.99. The summed E-state index contributed by atoms with van der Waals surface area (Å²) in [6, 6.07) is -1.09. The molecule has 0 saturated carbocycles. The van der Waals surface area contributed by atoms with Gasteiger partial charge in [0.25, 0.3) is 0 Å². The number of aliphatic carboxylic acids is 1. The van der Waals surface area contributed by atoms with Crippen LogP contribution in [0.25, 0.3) is 0 Å². The summed E-state index contributed by atoms with van der Waals surface area (Å²) in [5.41, 5.74) is 0. The van der Waals surface area contributed by atoms with Crippen LogP contribution < -0.4 is 10.6 Å². The lowest BCUT2D eigenvalue weighted by Crippen LogP contribution is -2.48. The van der Waals surface area contributed by atoms with Crippen molar-refractivity contribution in [3.05, 3.63) is 0 Å². The second kappa shape index (κ2) is 7.20. The fraction of sp³-hybridized carbons (Fsp3) is 0.800. The standard InChI is InChI=1S/C10H17F3N2O3/c1-3-6(2)8(9(17)18)15-7(16)4-14-5-10(11,12)13/h6,8,14H,3-5H2,1-2H3,(H,15,16)(H,17,18)/t6?,8-/m0/s1. The van der Waals surface area contributed by atoms with Crippen LogP contribution in [0.15, 0.2) is 0 Å². The molecule has 0 aliphatic heterocycles. The molecule has 0 spiro atoms. The summed E-state index contributed by atoms with van der Waals surface area (Å²) < 4.78 is 35.4. The van der Waals surface area contributed by atoms with Crippen LogP contribution in [0.5, 0.6) is 0 Å². The summed E-state index contributed by atoms with van der Waals surface area (Å²) in [5.74, 6) is -2.27. The lowest BCUT2D eigenvalue weighted by molar-refractivity contribution is -0.143. The molecule has 5 nitrogen and oxygen atoms in total. The van der Waals surface area contributed by atoms with Crippen molar-refractivity contribution in [2.75, 3.05) is 13.1 Å². The maximum atomic E-state index is 11.8. The van der Waals surface area contributed by atoms with Gasteiger partial charge < -0.3 is 15.7 Å². The maximum absolute atomic E-state index is 11.8. The average molecular weight is 270 g/mol. The smallest absolute Gasteiger partial charge is 0.401 e. The first-order valence-electron chi connectivity index (χ1n) is 5.47. The molecule has 0 aliphatic rings.